The third kappa shape index (κ3) is 8.58. The van der Waals surface area contributed by atoms with Crippen LogP contribution in [0.4, 0.5) is 0 Å². The highest BCUT2D eigenvalue weighted by atomic mass is 35.5. The Hall–Kier alpha value is -2.47. The molecule has 0 radical (unpaired) electrons. The molecule has 190 valence electrons. The second-order valence-corrected chi connectivity index (χ2v) is 10.7. The van der Waals surface area contributed by atoms with E-state index in [0.29, 0.717) is 28.6 Å². The molecular formula is C29H32Cl2N2O2S. The number of amides is 2. The first-order valence-corrected chi connectivity index (χ1v) is 13.9. The summed E-state index contributed by atoms with van der Waals surface area (Å²) in [6.07, 6.45) is 1.53. The number of carbonyl (C=O) groups is 2. The number of benzene rings is 3. The number of nitrogens with zero attached hydrogens (tertiary/aromatic N) is 1. The zero-order chi connectivity index (χ0) is 25.9. The van der Waals surface area contributed by atoms with Gasteiger partial charge in [-0.1, -0.05) is 84.7 Å². The smallest absolute Gasteiger partial charge is 0.243 e. The van der Waals surface area contributed by atoms with Crippen molar-refractivity contribution in [3.63, 3.8) is 0 Å². The fourth-order valence-electron chi connectivity index (χ4n) is 3.75. The van der Waals surface area contributed by atoms with Crippen molar-refractivity contribution in [1.29, 1.82) is 0 Å². The van der Waals surface area contributed by atoms with Crippen molar-refractivity contribution >= 4 is 46.8 Å². The Balaban J connectivity index is 1.88. The normalized spacial score (nSPS) is 12.6. The lowest BCUT2D eigenvalue weighted by Crippen LogP contribution is -2.52. The van der Waals surface area contributed by atoms with Crippen molar-refractivity contribution in [1.82, 2.24) is 10.2 Å². The van der Waals surface area contributed by atoms with Crippen molar-refractivity contribution in [2.75, 3.05) is 5.75 Å². The van der Waals surface area contributed by atoms with Gasteiger partial charge in [-0.3, -0.25) is 9.59 Å². The standard InChI is InChI=1S/C29H32Cl2N2O2S/c1-3-21(2)32-29(35)27(19-22-10-6-4-7-11-22)33(20-23-14-15-25(30)26(31)18-23)28(34)16-17-36-24-12-8-5-9-13-24/h4-15,18,21,27H,3,16-17,19-20H2,1-2H3,(H,32,35). The van der Waals surface area contributed by atoms with Gasteiger partial charge in [0.1, 0.15) is 6.04 Å². The molecule has 0 bridgehead atoms. The van der Waals surface area contributed by atoms with Gasteiger partial charge in [-0.2, -0.15) is 0 Å². The average Bonchev–Trinajstić information content (AvgIpc) is 2.89. The zero-order valence-electron chi connectivity index (χ0n) is 20.6. The number of nitrogens with one attached hydrogen (secondary N) is 1. The Morgan fingerprint density at radius 2 is 1.58 bits per heavy atom. The van der Waals surface area contributed by atoms with E-state index < -0.39 is 6.04 Å². The molecule has 0 fully saturated rings. The van der Waals surface area contributed by atoms with Gasteiger partial charge in [0.2, 0.25) is 11.8 Å². The highest BCUT2D eigenvalue weighted by Gasteiger charge is 2.30. The molecule has 0 saturated heterocycles. The molecule has 0 aromatic heterocycles. The summed E-state index contributed by atoms with van der Waals surface area (Å²) in [4.78, 5) is 30.0. The largest absolute Gasteiger partial charge is 0.352 e. The van der Waals surface area contributed by atoms with Crippen LogP contribution in [0, 0.1) is 0 Å². The number of rotatable bonds is 12. The quantitative estimate of drug-likeness (QED) is 0.250. The fourth-order valence-corrected chi connectivity index (χ4v) is 4.93. The minimum atomic E-state index is -0.662. The van der Waals surface area contributed by atoms with E-state index in [1.165, 1.54) is 0 Å². The number of halogens is 2. The first-order valence-electron chi connectivity index (χ1n) is 12.1. The van der Waals surface area contributed by atoms with E-state index in [9.17, 15) is 9.59 Å². The molecule has 2 unspecified atom stereocenters. The van der Waals surface area contributed by atoms with Crippen molar-refractivity contribution in [2.24, 2.45) is 0 Å². The van der Waals surface area contributed by atoms with Gasteiger partial charge in [0.05, 0.1) is 10.0 Å². The maximum absolute atomic E-state index is 13.7. The van der Waals surface area contributed by atoms with Crippen molar-refractivity contribution < 1.29 is 9.59 Å². The summed E-state index contributed by atoms with van der Waals surface area (Å²) in [7, 11) is 0. The van der Waals surface area contributed by atoms with Crippen LogP contribution in [0.15, 0.2) is 83.8 Å². The van der Waals surface area contributed by atoms with E-state index in [4.69, 9.17) is 23.2 Å². The van der Waals surface area contributed by atoms with Gasteiger partial charge < -0.3 is 10.2 Å². The highest BCUT2D eigenvalue weighted by molar-refractivity contribution is 7.99. The van der Waals surface area contributed by atoms with Gasteiger partial charge in [-0.25, -0.2) is 0 Å². The minimum absolute atomic E-state index is 0.00587. The van der Waals surface area contributed by atoms with Gasteiger partial charge in [-0.15, -0.1) is 11.8 Å². The SMILES string of the molecule is CCC(C)NC(=O)C(Cc1ccccc1)N(Cc1ccc(Cl)c(Cl)c1)C(=O)CCSc1ccccc1. The highest BCUT2D eigenvalue weighted by Crippen LogP contribution is 2.25. The van der Waals surface area contributed by atoms with E-state index in [1.54, 1.807) is 28.8 Å². The Morgan fingerprint density at radius 3 is 2.22 bits per heavy atom. The maximum Gasteiger partial charge on any atom is 0.243 e. The van der Waals surface area contributed by atoms with Gasteiger partial charge in [-0.05, 0) is 48.7 Å². The van der Waals surface area contributed by atoms with Gasteiger partial charge in [0, 0.05) is 36.1 Å². The Labute approximate surface area is 228 Å². The zero-order valence-corrected chi connectivity index (χ0v) is 23.0. The molecule has 0 aliphatic carbocycles. The molecule has 0 spiro atoms. The molecule has 0 aliphatic heterocycles. The molecule has 3 aromatic rings. The van der Waals surface area contributed by atoms with Crippen LogP contribution in [0.3, 0.4) is 0 Å². The van der Waals surface area contributed by atoms with Crippen LogP contribution in [0.2, 0.25) is 10.0 Å². The van der Waals surface area contributed by atoms with E-state index >= 15 is 0 Å². The number of hydrogen-bond donors (Lipinski definition) is 1. The van der Waals surface area contributed by atoms with Crippen molar-refractivity contribution in [2.45, 2.75) is 56.6 Å². The summed E-state index contributed by atoms with van der Waals surface area (Å²) in [5, 5.41) is 3.96. The molecule has 4 nitrogen and oxygen atoms in total. The van der Waals surface area contributed by atoms with Crippen LogP contribution < -0.4 is 5.32 Å². The molecule has 0 aliphatic rings. The summed E-state index contributed by atoms with van der Waals surface area (Å²) in [5.74, 6) is 0.383. The molecule has 0 saturated carbocycles. The van der Waals surface area contributed by atoms with Gasteiger partial charge >= 0.3 is 0 Å². The molecule has 7 heteroatoms. The Morgan fingerprint density at radius 1 is 0.917 bits per heavy atom. The van der Waals surface area contributed by atoms with Crippen LogP contribution in [-0.4, -0.2) is 34.6 Å². The molecular weight excluding hydrogens is 511 g/mol. The topological polar surface area (TPSA) is 49.4 Å². The summed E-state index contributed by atoms with van der Waals surface area (Å²) in [6, 6.07) is 24.5. The van der Waals surface area contributed by atoms with Crippen LogP contribution >= 0.6 is 35.0 Å². The van der Waals surface area contributed by atoms with Crippen LogP contribution in [-0.2, 0) is 22.6 Å². The molecule has 2 atom stereocenters. The Kier molecular flexibility index (Phi) is 11.2. The summed E-state index contributed by atoms with van der Waals surface area (Å²) >= 11 is 14.0. The lowest BCUT2D eigenvalue weighted by atomic mass is 10.0. The number of thioether (sulfide) groups is 1. The first kappa shape index (κ1) is 28.1. The van der Waals surface area contributed by atoms with Crippen molar-refractivity contribution in [3.8, 4) is 0 Å². The molecule has 3 aromatic carbocycles. The second kappa shape index (κ2) is 14.3. The summed E-state index contributed by atoms with van der Waals surface area (Å²) in [5.41, 5.74) is 1.82. The average molecular weight is 544 g/mol. The number of carbonyl (C=O) groups excluding carboxylic acids is 2. The van der Waals surface area contributed by atoms with E-state index in [2.05, 4.69) is 5.32 Å². The monoisotopic (exact) mass is 542 g/mol. The molecule has 1 N–H and O–H groups in total. The fraction of sp³-hybridized carbons (Fsp3) is 0.310. The molecule has 2 amide bonds. The summed E-state index contributed by atoms with van der Waals surface area (Å²) < 4.78 is 0. The second-order valence-electron chi connectivity index (χ2n) is 8.71. The minimum Gasteiger partial charge on any atom is -0.352 e. The van der Waals surface area contributed by atoms with E-state index in [-0.39, 0.29) is 24.4 Å². The van der Waals surface area contributed by atoms with Gasteiger partial charge in [0.25, 0.3) is 0 Å². The predicted molar refractivity (Wildman–Crippen MR) is 151 cm³/mol. The first-order chi connectivity index (χ1) is 17.4. The molecule has 0 heterocycles. The molecule has 36 heavy (non-hydrogen) atoms. The third-order valence-electron chi connectivity index (χ3n) is 5.94. The third-order valence-corrected chi connectivity index (χ3v) is 7.69. The summed E-state index contributed by atoms with van der Waals surface area (Å²) in [6.45, 7) is 4.26. The van der Waals surface area contributed by atoms with Crippen LogP contribution in [0.25, 0.3) is 0 Å². The van der Waals surface area contributed by atoms with Crippen LogP contribution in [0.1, 0.15) is 37.8 Å². The lowest BCUT2D eigenvalue weighted by Gasteiger charge is -2.32. The molecule has 3 rings (SSSR count). The van der Waals surface area contributed by atoms with E-state index in [0.717, 1.165) is 22.4 Å². The van der Waals surface area contributed by atoms with E-state index in [1.807, 2.05) is 80.6 Å². The number of hydrogen-bond acceptors (Lipinski definition) is 3. The van der Waals surface area contributed by atoms with Crippen LogP contribution in [0.5, 0.6) is 0 Å². The Bertz CT molecular complexity index is 1130. The van der Waals surface area contributed by atoms with Gasteiger partial charge in [0.15, 0.2) is 0 Å². The lowest BCUT2D eigenvalue weighted by molar-refractivity contribution is -0.141. The predicted octanol–water partition coefficient (Wildman–Crippen LogP) is 7.03. The van der Waals surface area contributed by atoms with Crippen molar-refractivity contribution in [3.05, 3.63) is 100 Å². The maximum atomic E-state index is 13.7.